The number of esters is 2. The van der Waals surface area contributed by atoms with Crippen molar-refractivity contribution in [3.63, 3.8) is 0 Å². The van der Waals surface area contributed by atoms with Crippen LogP contribution < -0.4 is 5.32 Å². The van der Waals surface area contributed by atoms with Gasteiger partial charge in [-0.2, -0.15) is 0 Å². The van der Waals surface area contributed by atoms with Crippen LogP contribution in [0.3, 0.4) is 0 Å². The van der Waals surface area contributed by atoms with Crippen molar-refractivity contribution in [3.8, 4) is 0 Å². The molecule has 1 aromatic rings. The Kier molecular flexibility index (Phi) is 35.9. The highest BCUT2D eigenvalue weighted by atomic mass is 16.5. The summed E-state index contributed by atoms with van der Waals surface area (Å²) in [6, 6.07) is 1.76. The minimum Gasteiger partial charge on any atom is -0.463 e. The summed E-state index contributed by atoms with van der Waals surface area (Å²) in [5, 5.41) is 13.9. The van der Waals surface area contributed by atoms with Crippen molar-refractivity contribution < 1.29 is 29.0 Å². The van der Waals surface area contributed by atoms with Crippen LogP contribution in [0, 0.1) is 0 Å². The highest BCUT2D eigenvalue weighted by Gasteiger charge is 2.16. The van der Waals surface area contributed by atoms with E-state index in [9.17, 15) is 19.5 Å². The van der Waals surface area contributed by atoms with Gasteiger partial charge in [-0.25, -0.2) is 0 Å². The van der Waals surface area contributed by atoms with E-state index in [0.29, 0.717) is 37.9 Å². The number of aromatic amines is 1. The van der Waals surface area contributed by atoms with Crippen molar-refractivity contribution in [2.45, 2.75) is 245 Å². The zero-order chi connectivity index (χ0) is 42.3. The quantitative estimate of drug-likeness (QED) is 0.0444. The molecule has 0 bridgehead atoms. The molecule has 0 aliphatic heterocycles. The van der Waals surface area contributed by atoms with Gasteiger partial charge in [-0.15, -0.1) is 0 Å². The van der Waals surface area contributed by atoms with Crippen molar-refractivity contribution in [1.82, 2.24) is 15.2 Å². The van der Waals surface area contributed by atoms with E-state index in [2.05, 4.69) is 36.0 Å². The lowest BCUT2D eigenvalue weighted by molar-refractivity contribution is -0.150. The second-order valence-corrected chi connectivity index (χ2v) is 17.2. The first-order chi connectivity index (χ1) is 28.3. The minimum absolute atomic E-state index is 0.00736. The molecule has 2 unspecified atom stereocenters. The number of nitrogens with one attached hydrogen (secondary N) is 2. The zero-order valence-electron chi connectivity index (χ0n) is 38.1. The molecule has 9 heteroatoms. The molecule has 338 valence electrons. The number of ether oxygens (including phenoxy) is 2. The second kappa shape index (κ2) is 38.8. The van der Waals surface area contributed by atoms with Crippen LogP contribution in [0.2, 0.25) is 0 Å². The summed E-state index contributed by atoms with van der Waals surface area (Å²) in [5.74, 6) is -0.177. The van der Waals surface area contributed by atoms with E-state index in [1.54, 1.807) is 18.5 Å². The third-order valence-corrected chi connectivity index (χ3v) is 11.4. The number of nitrogens with zero attached hydrogens (tertiary/aromatic N) is 1. The van der Waals surface area contributed by atoms with E-state index < -0.39 is 6.10 Å². The number of hydrogen-bond donors (Lipinski definition) is 3. The fourth-order valence-corrected chi connectivity index (χ4v) is 7.71. The van der Waals surface area contributed by atoms with Gasteiger partial charge in [-0.3, -0.25) is 14.4 Å². The summed E-state index contributed by atoms with van der Waals surface area (Å²) < 4.78 is 11.7. The Balaban J connectivity index is 2.43. The summed E-state index contributed by atoms with van der Waals surface area (Å²) in [6.07, 6.45) is 36.0. The topological polar surface area (TPSA) is 121 Å². The molecule has 0 saturated carbocycles. The Morgan fingerprint density at radius 1 is 0.621 bits per heavy atom. The average molecular weight is 818 g/mol. The maximum atomic E-state index is 12.9. The number of aliphatic hydroxyl groups excluding tert-OH is 1. The van der Waals surface area contributed by atoms with Crippen LogP contribution in [-0.4, -0.2) is 77.3 Å². The van der Waals surface area contributed by atoms with Crippen molar-refractivity contribution in [2.75, 3.05) is 26.2 Å². The lowest BCUT2D eigenvalue weighted by atomic mass is 10.0. The molecule has 0 spiro atoms. The van der Waals surface area contributed by atoms with E-state index in [4.69, 9.17) is 9.47 Å². The molecule has 1 aromatic heterocycles. The van der Waals surface area contributed by atoms with Gasteiger partial charge in [0.25, 0.3) is 5.91 Å². The van der Waals surface area contributed by atoms with Gasteiger partial charge in [-0.1, -0.05) is 124 Å². The Morgan fingerprint density at radius 2 is 1.10 bits per heavy atom. The van der Waals surface area contributed by atoms with Gasteiger partial charge in [0.2, 0.25) is 0 Å². The van der Waals surface area contributed by atoms with Crippen LogP contribution in [0.5, 0.6) is 0 Å². The monoisotopic (exact) mass is 818 g/mol. The van der Waals surface area contributed by atoms with E-state index in [1.807, 2.05) is 6.92 Å². The molecule has 0 fully saturated rings. The largest absolute Gasteiger partial charge is 0.463 e. The molecular weight excluding hydrogens is 727 g/mol. The molecule has 1 heterocycles. The maximum absolute atomic E-state index is 12.9. The van der Waals surface area contributed by atoms with Gasteiger partial charge in [0, 0.05) is 38.3 Å². The number of rotatable bonds is 42. The molecule has 1 amide bonds. The first-order valence-electron chi connectivity index (χ1n) is 24.5. The number of carbonyl (C=O) groups excluding carboxylic acids is 3. The number of carbonyl (C=O) groups is 3. The van der Waals surface area contributed by atoms with Crippen molar-refractivity contribution >= 4 is 17.8 Å². The summed E-state index contributed by atoms with van der Waals surface area (Å²) in [5.41, 5.74) is 0.633. The third kappa shape index (κ3) is 32.5. The Morgan fingerprint density at radius 3 is 1.69 bits per heavy atom. The Labute approximate surface area is 356 Å². The predicted molar refractivity (Wildman–Crippen MR) is 241 cm³/mol. The number of amides is 1. The summed E-state index contributed by atoms with van der Waals surface area (Å²) >= 11 is 0. The van der Waals surface area contributed by atoms with E-state index in [0.717, 1.165) is 116 Å². The van der Waals surface area contributed by atoms with Crippen LogP contribution in [0.1, 0.15) is 237 Å². The molecule has 0 aromatic carbocycles. The summed E-state index contributed by atoms with van der Waals surface area (Å²) in [7, 11) is 0. The van der Waals surface area contributed by atoms with E-state index in [-0.39, 0.29) is 30.1 Å². The second-order valence-electron chi connectivity index (χ2n) is 17.2. The molecular formula is C49H91N3O6. The van der Waals surface area contributed by atoms with Crippen LogP contribution in [-0.2, 0) is 19.1 Å². The molecule has 9 nitrogen and oxygen atoms in total. The number of H-pyrrole nitrogens is 1. The van der Waals surface area contributed by atoms with Crippen molar-refractivity contribution in [3.05, 3.63) is 24.0 Å². The number of hydrogen-bond acceptors (Lipinski definition) is 7. The normalized spacial score (nSPS) is 12.6. The number of aliphatic hydroxyl groups is 1. The Hall–Kier alpha value is -2.39. The summed E-state index contributed by atoms with van der Waals surface area (Å²) in [6.45, 7) is 11.7. The van der Waals surface area contributed by atoms with E-state index in [1.165, 1.54) is 77.0 Å². The zero-order valence-corrected chi connectivity index (χ0v) is 38.1. The first kappa shape index (κ1) is 53.6. The van der Waals surface area contributed by atoms with Crippen LogP contribution in [0.15, 0.2) is 18.5 Å². The number of aromatic nitrogens is 1. The highest BCUT2D eigenvalue weighted by Crippen LogP contribution is 2.19. The first-order valence-corrected chi connectivity index (χ1v) is 24.5. The van der Waals surface area contributed by atoms with Crippen molar-refractivity contribution in [2.24, 2.45) is 0 Å². The minimum atomic E-state index is -0.415. The standard InChI is InChI=1S/C49H91N3O6/c1-5-8-11-13-16-22-32-46(33-23-17-14-12-9-6-2)58-48(55)35-24-18-15-19-28-39-52(40-29-20-25-34-47(54)57-43(4)30-21-10-7-3)42-45(53)31-26-27-37-51-49(56)44-36-38-50-41-44/h36,38,41,43,45-46,50,53H,5-35,37,39-40,42H2,1-4H3,(H,51,56). The van der Waals surface area contributed by atoms with Crippen LogP contribution in [0.4, 0.5) is 0 Å². The van der Waals surface area contributed by atoms with Crippen LogP contribution >= 0.6 is 0 Å². The molecule has 3 N–H and O–H groups in total. The number of unbranched alkanes of at least 4 members (excludes halogenated alkanes) is 19. The van der Waals surface area contributed by atoms with Gasteiger partial charge in [-0.05, 0) is 110 Å². The molecule has 0 radical (unpaired) electrons. The Bertz CT molecular complexity index is 1070. The smallest absolute Gasteiger partial charge is 0.306 e. The maximum Gasteiger partial charge on any atom is 0.306 e. The lowest BCUT2D eigenvalue weighted by Gasteiger charge is -2.25. The predicted octanol–water partition coefficient (Wildman–Crippen LogP) is 12.4. The highest BCUT2D eigenvalue weighted by molar-refractivity contribution is 5.93. The fourth-order valence-electron chi connectivity index (χ4n) is 7.71. The van der Waals surface area contributed by atoms with Crippen molar-refractivity contribution in [1.29, 1.82) is 0 Å². The lowest BCUT2D eigenvalue weighted by Crippen LogP contribution is -2.34. The van der Waals surface area contributed by atoms with Gasteiger partial charge < -0.3 is 29.8 Å². The molecule has 0 aliphatic carbocycles. The third-order valence-electron chi connectivity index (χ3n) is 11.4. The van der Waals surface area contributed by atoms with Gasteiger partial charge in [0.05, 0.1) is 17.8 Å². The fraction of sp³-hybridized carbons (Fsp3) is 0.857. The van der Waals surface area contributed by atoms with Gasteiger partial charge in [0.1, 0.15) is 6.10 Å². The molecule has 0 saturated heterocycles. The summed E-state index contributed by atoms with van der Waals surface area (Å²) in [4.78, 5) is 42.7. The SMILES string of the molecule is CCCCCCCCC(CCCCCCCC)OC(=O)CCCCCCCN(CCCCCC(=O)OC(C)CCCCC)CC(O)CCCCNC(=O)c1cc[nH]c1. The molecule has 1 rings (SSSR count). The molecule has 0 aliphatic rings. The van der Waals surface area contributed by atoms with Crippen LogP contribution in [0.25, 0.3) is 0 Å². The average Bonchev–Trinajstić information content (AvgIpc) is 3.75. The van der Waals surface area contributed by atoms with E-state index >= 15 is 0 Å². The van der Waals surface area contributed by atoms with Gasteiger partial charge in [0.15, 0.2) is 0 Å². The molecule has 2 atom stereocenters. The molecule has 58 heavy (non-hydrogen) atoms. The van der Waals surface area contributed by atoms with Gasteiger partial charge >= 0.3 is 11.9 Å².